The van der Waals surface area contributed by atoms with Crippen molar-refractivity contribution in [2.45, 2.75) is 6.92 Å². The van der Waals surface area contributed by atoms with E-state index in [2.05, 4.69) is 26.2 Å². The maximum absolute atomic E-state index is 11.7. The summed E-state index contributed by atoms with van der Waals surface area (Å²) in [6, 6.07) is 3.98. The Kier molecular flexibility index (Phi) is 3.52. The average Bonchev–Trinajstić information content (AvgIpc) is 2.36. The molecule has 1 heterocycles. The fraction of sp³-hybridized carbons (Fsp3) is 0.231. The zero-order valence-electron chi connectivity index (χ0n) is 10.4. The van der Waals surface area contributed by atoms with Gasteiger partial charge in [-0.25, -0.2) is 4.79 Å². The number of nitrogens with zero attached hydrogens (tertiary/aromatic N) is 1. The quantitative estimate of drug-likeness (QED) is 0.866. The highest BCUT2D eigenvalue weighted by atomic mass is 79.9. The van der Waals surface area contributed by atoms with Gasteiger partial charge in [0.05, 0.1) is 18.3 Å². The van der Waals surface area contributed by atoms with E-state index in [1.165, 1.54) is 13.3 Å². The molecule has 1 aromatic carbocycles. The largest absolute Gasteiger partial charge is 0.465 e. The monoisotopic (exact) mass is 308 g/mol. The number of esters is 1. The first-order valence-electron chi connectivity index (χ1n) is 5.43. The Balaban J connectivity index is 2.82. The Hall–Kier alpha value is -1.62. The van der Waals surface area contributed by atoms with Crippen LogP contribution in [0.1, 0.15) is 15.9 Å². The number of carbonyl (C=O) groups excluding carboxylic acids is 1. The number of carbonyl (C=O) groups is 1. The molecule has 0 saturated heterocycles. The third-order valence-electron chi connectivity index (χ3n) is 2.72. The predicted molar refractivity (Wildman–Crippen MR) is 75.1 cm³/mol. The van der Waals surface area contributed by atoms with Crippen molar-refractivity contribution in [1.82, 2.24) is 4.98 Å². The minimum Gasteiger partial charge on any atom is -0.465 e. The van der Waals surface area contributed by atoms with Crippen LogP contribution in [-0.4, -0.2) is 25.1 Å². The van der Waals surface area contributed by atoms with E-state index < -0.39 is 5.97 Å². The van der Waals surface area contributed by atoms with E-state index in [1.54, 1.807) is 7.05 Å². The number of hydrogen-bond acceptors (Lipinski definition) is 4. The molecule has 0 aliphatic rings. The van der Waals surface area contributed by atoms with Gasteiger partial charge in [-0.05, 0) is 40.5 Å². The van der Waals surface area contributed by atoms with Crippen molar-refractivity contribution in [2.75, 3.05) is 19.5 Å². The van der Waals surface area contributed by atoms with Crippen LogP contribution in [0, 0.1) is 6.92 Å². The van der Waals surface area contributed by atoms with Crippen molar-refractivity contribution in [2.24, 2.45) is 0 Å². The van der Waals surface area contributed by atoms with Gasteiger partial charge in [-0.2, -0.15) is 0 Å². The van der Waals surface area contributed by atoms with E-state index in [4.69, 9.17) is 4.74 Å². The van der Waals surface area contributed by atoms with Gasteiger partial charge in [0, 0.05) is 23.1 Å². The van der Waals surface area contributed by atoms with Gasteiger partial charge in [0.15, 0.2) is 0 Å². The number of anilines is 1. The normalized spacial score (nSPS) is 10.4. The molecule has 0 aliphatic carbocycles. The van der Waals surface area contributed by atoms with E-state index in [0.717, 1.165) is 26.6 Å². The minimum atomic E-state index is -0.397. The summed E-state index contributed by atoms with van der Waals surface area (Å²) in [5.41, 5.74) is 3.08. The summed E-state index contributed by atoms with van der Waals surface area (Å²) in [5, 5.41) is 3.94. The summed E-state index contributed by atoms with van der Waals surface area (Å²) < 4.78 is 5.67. The number of halogens is 1. The number of hydrogen-bond donors (Lipinski definition) is 1. The topological polar surface area (TPSA) is 51.2 Å². The molecule has 0 aliphatic heterocycles. The summed E-state index contributed by atoms with van der Waals surface area (Å²) in [6.45, 7) is 1.99. The molecule has 0 saturated carbocycles. The van der Waals surface area contributed by atoms with Crippen LogP contribution in [0.25, 0.3) is 10.9 Å². The van der Waals surface area contributed by atoms with Crippen molar-refractivity contribution in [3.63, 3.8) is 0 Å². The maximum atomic E-state index is 11.7. The molecule has 0 radical (unpaired) electrons. The Morgan fingerprint density at radius 1 is 1.44 bits per heavy atom. The standard InChI is InChI=1S/C13H13BrN2O2/c1-7-4-8-11(15-2)9(13(17)18-3)6-16-12(8)10(14)5-7/h4-6H,1-3H3,(H,15,16). The van der Waals surface area contributed by atoms with E-state index in [9.17, 15) is 4.79 Å². The molecule has 0 spiro atoms. The molecule has 18 heavy (non-hydrogen) atoms. The molecule has 2 rings (SSSR count). The zero-order valence-corrected chi connectivity index (χ0v) is 12.0. The lowest BCUT2D eigenvalue weighted by Gasteiger charge is -2.12. The second kappa shape index (κ2) is 4.94. The molecular weight excluding hydrogens is 296 g/mol. The molecule has 0 bridgehead atoms. The predicted octanol–water partition coefficient (Wildman–Crippen LogP) is 3.13. The second-order valence-electron chi connectivity index (χ2n) is 3.93. The smallest absolute Gasteiger partial charge is 0.341 e. The van der Waals surface area contributed by atoms with Gasteiger partial charge in [0.25, 0.3) is 0 Å². The van der Waals surface area contributed by atoms with Gasteiger partial charge in [0.1, 0.15) is 5.56 Å². The van der Waals surface area contributed by atoms with Crippen molar-refractivity contribution < 1.29 is 9.53 Å². The number of nitrogens with one attached hydrogen (secondary N) is 1. The van der Waals surface area contributed by atoms with Crippen LogP contribution in [0.5, 0.6) is 0 Å². The highest BCUT2D eigenvalue weighted by Gasteiger charge is 2.16. The Morgan fingerprint density at radius 2 is 2.17 bits per heavy atom. The number of methoxy groups -OCH3 is 1. The lowest BCUT2D eigenvalue weighted by Crippen LogP contribution is -2.07. The molecule has 2 aromatic rings. The molecule has 4 nitrogen and oxygen atoms in total. The number of benzene rings is 1. The molecule has 94 valence electrons. The molecule has 0 fully saturated rings. The number of fused-ring (bicyclic) bond motifs is 1. The number of rotatable bonds is 2. The van der Waals surface area contributed by atoms with Crippen LogP contribution in [-0.2, 0) is 4.74 Å². The van der Waals surface area contributed by atoms with Crippen LogP contribution in [0.4, 0.5) is 5.69 Å². The Morgan fingerprint density at radius 3 is 2.78 bits per heavy atom. The highest BCUT2D eigenvalue weighted by molar-refractivity contribution is 9.10. The molecule has 0 atom stereocenters. The van der Waals surface area contributed by atoms with Crippen LogP contribution >= 0.6 is 15.9 Å². The molecule has 1 N–H and O–H groups in total. The van der Waals surface area contributed by atoms with Crippen LogP contribution in [0.3, 0.4) is 0 Å². The summed E-state index contributed by atoms with van der Waals surface area (Å²) >= 11 is 3.48. The summed E-state index contributed by atoms with van der Waals surface area (Å²) in [4.78, 5) is 16.0. The SMILES string of the molecule is CNc1c(C(=O)OC)cnc2c(Br)cc(C)cc12. The van der Waals surface area contributed by atoms with Crippen molar-refractivity contribution in [3.8, 4) is 0 Å². The maximum Gasteiger partial charge on any atom is 0.341 e. The van der Waals surface area contributed by atoms with Gasteiger partial charge < -0.3 is 10.1 Å². The number of pyridine rings is 1. The fourth-order valence-electron chi connectivity index (χ4n) is 1.93. The summed E-state index contributed by atoms with van der Waals surface area (Å²) in [5.74, 6) is -0.397. The second-order valence-corrected chi connectivity index (χ2v) is 4.79. The molecule has 0 amide bonds. The lowest BCUT2D eigenvalue weighted by molar-refractivity contribution is 0.0601. The van der Waals surface area contributed by atoms with Crippen molar-refractivity contribution in [3.05, 3.63) is 33.9 Å². The molecule has 5 heteroatoms. The summed E-state index contributed by atoms with van der Waals surface area (Å²) in [6.07, 6.45) is 1.53. The van der Waals surface area contributed by atoms with E-state index in [1.807, 2.05) is 19.1 Å². The average molecular weight is 309 g/mol. The van der Waals surface area contributed by atoms with Gasteiger partial charge in [-0.3, -0.25) is 4.98 Å². The van der Waals surface area contributed by atoms with Crippen molar-refractivity contribution >= 4 is 38.5 Å². The molecule has 1 aromatic heterocycles. The number of aryl methyl sites for hydroxylation is 1. The fourth-order valence-corrected chi connectivity index (χ4v) is 2.61. The van der Waals surface area contributed by atoms with Crippen molar-refractivity contribution in [1.29, 1.82) is 0 Å². The first kappa shape index (κ1) is 12.8. The summed E-state index contributed by atoms with van der Waals surface area (Å²) in [7, 11) is 3.13. The molecule has 0 unspecified atom stereocenters. The van der Waals surface area contributed by atoms with Gasteiger partial charge in [-0.15, -0.1) is 0 Å². The van der Waals surface area contributed by atoms with Crippen LogP contribution < -0.4 is 5.32 Å². The minimum absolute atomic E-state index is 0.397. The Labute approximate surface area is 113 Å². The van der Waals surface area contributed by atoms with Gasteiger partial charge >= 0.3 is 5.97 Å². The van der Waals surface area contributed by atoms with Crippen LogP contribution in [0.15, 0.2) is 22.8 Å². The first-order chi connectivity index (χ1) is 8.58. The first-order valence-corrected chi connectivity index (χ1v) is 6.22. The van der Waals surface area contributed by atoms with E-state index in [-0.39, 0.29) is 0 Å². The number of aromatic nitrogens is 1. The highest BCUT2D eigenvalue weighted by Crippen LogP contribution is 2.31. The van der Waals surface area contributed by atoms with E-state index >= 15 is 0 Å². The lowest BCUT2D eigenvalue weighted by atomic mass is 10.1. The van der Waals surface area contributed by atoms with Gasteiger partial charge in [0.2, 0.25) is 0 Å². The Bertz CT molecular complexity index is 626. The van der Waals surface area contributed by atoms with Crippen LogP contribution in [0.2, 0.25) is 0 Å². The number of ether oxygens (including phenoxy) is 1. The zero-order chi connectivity index (χ0) is 13.3. The third-order valence-corrected chi connectivity index (χ3v) is 3.33. The van der Waals surface area contributed by atoms with E-state index in [0.29, 0.717) is 5.56 Å². The van der Waals surface area contributed by atoms with Gasteiger partial charge in [-0.1, -0.05) is 0 Å². The third kappa shape index (κ3) is 2.06. The molecular formula is C13H13BrN2O2.